The van der Waals surface area contributed by atoms with Gasteiger partial charge >= 0.3 is 5.97 Å². The van der Waals surface area contributed by atoms with Gasteiger partial charge in [-0.3, -0.25) is 9.69 Å². The van der Waals surface area contributed by atoms with Crippen LogP contribution in [0.5, 0.6) is 0 Å². The van der Waals surface area contributed by atoms with Crippen LogP contribution in [0, 0.1) is 0 Å². The molecule has 3 rings (SSSR count). The number of nitrogens with zero attached hydrogens (tertiary/aromatic N) is 1. The summed E-state index contributed by atoms with van der Waals surface area (Å²) >= 11 is 3.41. The van der Waals surface area contributed by atoms with Crippen molar-refractivity contribution in [3.05, 3.63) is 81.0 Å². The second-order valence-electron chi connectivity index (χ2n) is 7.18. The fourth-order valence-corrected chi connectivity index (χ4v) is 3.59. The van der Waals surface area contributed by atoms with E-state index in [1.165, 1.54) is 5.56 Å². The molecule has 0 N–H and O–H groups in total. The first-order chi connectivity index (χ1) is 13.8. The molecule has 0 fully saturated rings. The molecule has 2 aromatic rings. The van der Waals surface area contributed by atoms with Gasteiger partial charge in [-0.2, -0.15) is 0 Å². The second kappa shape index (κ2) is 8.78. The van der Waals surface area contributed by atoms with E-state index in [4.69, 9.17) is 4.74 Å². The standard InChI is InChI=1S/C24H24BrNO3/c1-5-29-24(28)22-16(4)26(20-12-10-19(25)11-13-20)23(27)21(22)14-17-6-8-18(9-7-17)15(2)3/h6-15H,5H2,1-4H3/b21-14-. The third-order valence-electron chi connectivity index (χ3n) is 4.88. The van der Waals surface area contributed by atoms with Gasteiger partial charge in [-0.1, -0.05) is 54.0 Å². The van der Waals surface area contributed by atoms with Crippen LogP contribution in [0.1, 0.15) is 44.7 Å². The Morgan fingerprint density at radius 3 is 2.28 bits per heavy atom. The molecule has 29 heavy (non-hydrogen) atoms. The van der Waals surface area contributed by atoms with Crippen LogP contribution >= 0.6 is 15.9 Å². The zero-order valence-electron chi connectivity index (χ0n) is 17.0. The van der Waals surface area contributed by atoms with Crippen LogP contribution in [0.15, 0.2) is 69.8 Å². The quantitative estimate of drug-likeness (QED) is 0.421. The molecule has 0 spiro atoms. The van der Waals surface area contributed by atoms with Crippen molar-refractivity contribution in [3.63, 3.8) is 0 Å². The van der Waals surface area contributed by atoms with Gasteiger partial charge in [0.25, 0.3) is 5.91 Å². The van der Waals surface area contributed by atoms with Crippen molar-refractivity contribution in [2.75, 3.05) is 11.5 Å². The lowest BCUT2D eigenvalue weighted by atomic mass is 9.99. The van der Waals surface area contributed by atoms with E-state index in [1.807, 2.05) is 48.5 Å². The average molecular weight is 454 g/mol. The first kappa shape index (κ1) is 21.1. The Bertz CT molecular complexity index is 986. The largest absolute Gasteiger partial charge is 0.462 e. The Hall–Kier alpha value is -2.66. The fraction of sp³-hybridized carbons (Fsp3) is 0.250. The van der Waals surface area contributed by atoms with Crippen LogP contribution in [0.3, 0.4) is 0 Å². The number of amides is 1. The number of rotatable bonds is 5. The number of benzene rings is 2. The fourth-order valence-electron chi connectivity index (χ4n) is 3.33. The lowest BCUT2D eigenvalue weighted by Gasteiger charge is -2.18. The van der Waals surface area contributed by atoms with Gasteiger partial charge in [-0.25, -0.2) is 4.79 Å². The predicted molar refractivity (Wildman–Crippen MR) is 119 cm³/mol. The molecule has 0 saturated carbocycles. The highest BCUT2D eigenvalue weighted by atomic mass is 79.9. The predicted octanol–water partition coefficient (Wildman–Crippen LogP) is 5.84. The summed E-state index contributed by atoms with van der Waals surface area (Å²) in [6, 6.07) is 15.4. The molecule has 2 aromatic carbocycles. The minimum atomic E-state index is -0.483. The summed E-state index contributed by atoms with van der Waals surface area (Å²) in [6.07, 6.45) is 1.76. The van der Waals surface area contributed by atoms with E-state index in [1.54, 1.807) is 24.8 Å². The summed E-state index contributed by atoms with van der Waals surface area (Å²) < 4.78 is 6.16. The number of ether oxygens (including phenoxy) is 1. The van der Waals surface area contributed by atoms with E-state index in [9.17, 15) is 9.59 Å². The first-order valence-corrected chi connectivity index (χ1v) is 10.4. The number of anilines is 1. The summed E-state index contributed by atoms with van der Waals surface area (Å²) in [5.41, 5.74) is 4.02. The number of hydrogen-bond acceptors (Lipinski definition) is 3. The van der Waals surface area contributed by atoms with Gasteiger partial charge in [0.05, 0.1) is 17.8 Å². The van der Waals surface area contributed by atoms with E-state index >= 15 is 0 Å². The van der Waals surface area contributed by atoms with E-state index in [0.29, 0.717) is 28.4 Å². The number of halogens is 1. The molecule has 0 aromatic heterocycles. The maximum absolute atomic E-state index is 13.3. The molecule has 1 aliphatic rings. The molecule has 150 valence electrons. The maximum Gasteiger partial charge on any atom is 0.340 e. The van der Waals surface area contributed by atoms with Gasteiger partial charge in [0.2, 0.25) is 0 Å². The highest BCUT2D eigenvalue weighted by molar-refractivity contribution is 9.10. The summed E-state index contributed by atoms with van der Waals surface area (Å²) in [4.78, 5) is 27.5. The van der Waals surface area contributed by atoms with Crippen LogP contribution in [-0.2, 0) is 14.3 Å². The van der Waals surface area contributed by atoms with E-state index < -0.39 is 5.97 Å². The zero-order chi connectivity index (χ0) is 21.1. The lowest BCUT2D eigenvalue weighted by Crippen LogP contribution is -2.24. The molecule has 0 atom stereocenters. The topological polar surface area (TPSA) is 46.6 Å². The van der Waals surface area contributed by atoms with Gasteiger partial charge in [0, 0.05) is 15.9 Å². The van der Waals surface area contributed by atoms with Crippen LogP contribution in [-0.4, -0.2) is 18.5 Å². The van der Waals surface area contributed by atoms with Gasteiger partial charge in [-0.05, 0) is 61.2 Å². The van der Waals surface area contributed by atoms with Crippen LogP contribution < -0.4 is 4.90 Å². The molecule has 0 radical (unpaired) electrons. The number of allylic oxidation sites excluding steroid dienone is 1. The number of hydrogen-bond donors (Lipinski definition) is 0. The van der Waals surface area contributed by atoms with Crippen LogP contribution in [0.4, 0.5) is 5.69 Å². The van der Waals surface area contributed by atoms with Gasteiger partial charge in [0.1, 0.15) is 0 Å². The molecule has 1 heterocycles. The smallest absolute Gasteiger partial charge is 0.340 e. The maximum atomic E-state index is 13.3. The SMILES string of the molecule is CCOC(=O)C1=C(C)N(c2ccc(Br)cc2)C(=O)/C1=C\c1ccc(C(C)C)cc1. The van der Waals surface area contributed by atoms with Crippen molar-refractivity contribution in [1.29, 1.82) is 0 Å². The number of carbonyl (C=O) groups excluding carboxylic acids is 2. The van der Waals surface area contributed by atoms with Crippen LogP contribution in [0.2, 0.25) is 0 Å². The highest BCUT2D eigenvalue weighted by Gasteiger charge is 2.38. The average Bonchev–Trinajstić information content (AvgIpc) is 2.93. The molecular formula is C24H24BrNO3. The summed E-state index contributed by atoms with van der Waals surface area (Å²) in [5.74, 6) is -0.293. The van der Waals surface area contributed by atoms with Gasteiger partial charge in [0.15, 0.2) is 0 Å². The molecule has 0 aliphatic carbocycles. The molecular weight excluding hydrogens is 430 g/mol. The Labute approximate surface area is 180 Å². The van der Waals surface area contributed by atoms with Crippen molar-refractivity contribution in [3.8, 4) is 0 Å². The van der Waals surface area contributed by atoms with Crippen molar-refractivity contribution in [2.45, 2.75) is 33.6 Å². The lowest BCUT2D eigenvalue weighted by molar-refractivity contribution is -0.138. The van der Waals surface area contributed by atoms with Gasteiger partial charge < -0.3 is 4.74 Å². The van der Waals surface area contributed by atoms with Crippen molar-refractivity contribution in [2.24, 2.45) is 0 Å². The van der Waals surface area contributed by atoms with Crippen molar-refractivity contribution < 1.29 is 14.3 Å². The molecule has 4 nitrogen and oxygen atoms in total. The van der Waals surface area contributed by atoms with E-state index in [0.717, 1.165) is 10.0 Å². The summed E-state index contributed by atoms with van der Waals surface area (Å²) in [5, 5.41) is 0. The summed E-state index contributed by atoms with van der Waals surface area (Å²) in [7, 11) is 0. The molecule has 0 saturated heterocycles. The molecule has 0 bridgehead atoms. The number of carbonyl (C=O) groups is 2. The monoisotopic (exact) mass is 453 g/mol. The Morgan fingerprint density at radius 2 is 1.72 bits per heavy atom. The third kappa shape index (κ3) is 4.35. The molecule has 5 heteroatoms. The third-order valence-corrected chi connectivity index (χ3v) is 5.41. The highest BCUT2D eigenvalue weighted by Crippen LogP contribution is 2.36. The second-order valence-corrected chi connectivity index (χ2v) is 8.09. The Morgan fingerprint density at radius 1 is 1.10 bits per heavy atom. The van der Waals surface area contributed by atoms with E-state index in [-0.39, 0.29) is 12.5 Å². The molecule has 0 unspecified atom stereocenters. The van der Waals surface area contributed by atoms with Gasteiger partial charge in [-0.15, -0.1) is 0 Å². The molecule has 1 amide bonds. The zero-order valence-corrected chi connectivity index (χ0v) is 18.6. The minimum absolute atomic E-state index is 0.235. The van der Waals surface area contributed by atoms with E-state index in [2.05, 4.69) is 29.8 Å². The Balaban J connectivity index is 2.07. The van der Waals surface area contributed by atoms with Crippen LogP contribution in [0.25, 0.3) is 6.08 Å². The Kier molecular flexibility index (Phi) is 6.38. The number of esters is 1. The molecule has 1 aliphatic heterocycles. The normalized spacial score (nSPS) is 15.6. The summed E-state index contributed by atoms with van der Waals surface area (Å²) in [6.45, 7) is 8.04. The van der Waals surface area contributed by atoms with Crippen molar-refractivity contribution >= 4 is 39.6 Å². The minimum Gasteiger partial charge on any atom is -0.462 e. The first-order valence-electron chi connectivity index (χ1n) is 9.63. The van der Waals surface area contributed by atoms with Crippen molar-refractivity contribution in [1.82, 2.24) is 0 Å².